The molecule has 5 heteroatoms. The van der Waals surface area contributed by atoms with Crippen molar-refractivity contribution in [1.29, 1.82) is 0 Å². The first kappa shape index (κ1) is 38.1. The molecule has 2 aliphatic heterocycles. The summed E-state index contributed by atoms with van der Waals surface area (Å²) in [6.07, 6.45) is 4.16. The smallest absolute Gasteiger partial charge is 0.159 e. The summed E-state index contributed by atoms with van der Waals surface area (Å²) in [5.74, 6) is 0.914. The van der Waals surface area contributed by atoms with Crippen LogP contribution in [0.1, 0.15) is 17.7 Å². The fourth-order valence-electron chi connectivity index (χ4n) is 11.9. The van der Waals surface area contributed by atoms with Gasteiger partial charge in [-0.15, -0.1) is 0 Å². The maximum Gasteiger partial charge on any atom is 0.159 e. The highest BCUT2D eigenvalue weighted by Crippen LogP contribution is 2.58. The molecule has 0 amide bonds. The maximum atomic E-state index is 7.56. The molecule has 0 radical (unpaired) electrons. The van der Waals surface area contributed by atoms with E-state index in [-0.39, 0.29) is 0 Å². The van der Waals surface area contributed by atoms with Gasteiger partial charge in [-0.3, -0.25) is 0 Å². The first-order valence-electron chi connectivity index (χ1n) is 23.9. The van der Waals surface area contributed by atoms with Gasteiger partial charge >= 0.3 is 0 Å². The molecule has 0 saturated carbocycles. The van der Waals surface area contributed by atoms with Gasteiger partial charge in [-0.2, -0.15) is 0 Å². The first-order valence-corrected chi connectivity index (χ1v) is 23.9. The molecule has 1 aliphatic carbocycles. The second-order valence-electron chi connectivity index (χ2n) is 18.3. The monoisotopic (exact) mass is 882 g/mol. The fourth-order valence-corrected chi connectivity index (χ4v) is 11.9. The minimum atomic E-state index is 0.877. The van der Waals surface area contributed by atoms with E-state index in [9.17, 15) is 0 Å². The van der Waals surface area contributed by atoms with Gasteiger partial charge in [-0.25, -0.2) is 0 Å². The van der Waals surface area contributed by atoms with Crippen LogP contribution in [0.5, 0.6) is 0 Å². The van der Waals surface area contributed by atoms with Crippen LogP contribution in [0.4, 0.5) is 28.4 Å². The maximum absolute atomic E-state index is 7.56. The van der Waals surface area contributed by atoms with Gasteiger partial charge in [-0.05, 0) is 79.6 Å². The third-order valence-corrected chi connectivity index (χ3v) is 14.7. The summed E-state index contributed by atoms with van der Waals surface area (Å²) in [5, 5.41) is 3.59. The Labute approximate surface area is 399 Å². The Morgan fingerprint density at radius 3 is 1.33 bits per heavy atom. The molecule has 0 saturated heterocycles. The van der Waals surface area contributed by atoms with Crippen molar-refractivity contribution in [2.45, 2.75) is 12.8 Å². The Hall–Kier alpha value is -9.06. The van der Waals surface area contributed by atoms with Crippen LogP contribution >= 0.6 is 0 Å². The van der Waals surface area contributed by atoms with E-state index in [0.717, 1.165) is 86.2 Å². The molecule has 69 heavy (non-hydrogen) atoms. The molecule has 9 aromatic carbocycles. The third-order valence-electron chi connectivity index (χ3n) is 14.7. The van der Waals surface area contributed by atoms with E-state index in [1.165, 1.54) is 61.0 Å². The molecule has 3 aromatic heterocycles. The number of aryl methyl sites for hydroxylation is 1. The van der Waals surface area contributed by atoms with Gasteiger partial charge < -0.3 is 23.4 Å². The van der Waals surface area contributed by atoms with Gasteiger partial charge in [0.05, 0.1) is 56.6 Å². The van der Waals surface area contributed by atoms with Gasteiger partial charge in [0, 0.05) is 66.5 Å². The zero-order valence-corrected chi connectivity index (χ0v) is 37.6. The van der Waals surface area contributed by atoms with E-state index >= 15 is 0 Å². The van der Waals surface area contributed by atoms with Crippen molar-refractivity contribution in [1.82, 2.24) is 9.13 Å². The molecular weight excluding hydrogens is 841 g/mol. The quantitative estimate of drug-likeness (QED) is 0.176. The van der Waals surface area contributed by atoms with E-state index in [1.54, 1.807) is 0 Å². The molecule has 12 aromatic rings. The minimum Gasteiger partial charge on any atom is -0.452 e. The summed E-state index contributed by atoms with van der Waals surface area (Å²) in [5.41, 5.74) is 22.8. The van der Waals surface area contributed by atoms with Crippen molar-refractivity contribution in [3.63, 3.8) is 0 Å². The molecule has 0 N–H and O–H groups in total. The van der Waals surface area contributed by atoms with Gasteiger partial charge in [0.25, 0.3) is 0 Å². The van der Waals surface area contributed by atoms with Crippen LogP contribution in [0, 0.1) is 0 Å². The number of fused-ring (bicyclic) bond motifs is 17. The Kier molecular flexibility index (Phi) is 8.13. The molecule has 0 fully saturated rings. The van der Waals surface area contributed by atoms with Gasteiger partial charge in [0.2, 0.25) is 0 Å². The van der Waals surface area contributed by atoms with Crippen LogP contribution in [0.2, 0.25) is 0 Å². The number of furan rings is 1. The highest BCUT2D eigenvalue weighted by Gasteiger charge is 2.37. The van der Waals surface area contributed by atoms with E-state index in [1.807, 2.05) is 0 Å². The molecule has 15 rings (SSSR count). The number of allylic oxidation sites excluding steroid dienone is 1. The van der Waals surface area contributed by atoms with Crippen molar-refractivity contribution < 1.29 is 4.42 Å². The van der Waals surface area contributed by atoms with E-state index in [0.29, 0.717) is 0 Å². The fraction of sp³-hybridized carbons (Fsp3) is 0.0312. The summed E-state index contributed by atoms with van der Waals surface area (Å²) in [4.78, 5) is 4.94. The number of hydrogen-bond donors (Lipinski definition) is 0. The van der Waals surface area contributed by atoms with Crippen molar-refractivity contribution in [3.05, 3.63) is 242 Å². The topological polar surface area (TPSA) is 29.5 Å². The van der Waals surface area contributed by atoms with Gasteiger partial charge in [0.1, 0.15) is 0 Å². The lowest BCUT2D eigenvalue weighted by atomic mass is 9.96. The molecular formula is C64H42N4O. The minimum absolute atomic E-state index is 0.877. The molecule has 324 valence electrons. The Bertz CT molecular complexity index is 4090. The van der Waals surface area contributed by atoms with Gasteiger partial charge in [0.15, 0.2) is 11.3 Å². The van der Waals surface area contributed by atoms with Crippen molar-refractivity contribution in [2.75, 3.05) is 9.80 Å². The molecule has 3 aliphatic rings. The molecule has 0 atom stereocenters. The molecule has 0 bridgehead atoms. The zero-order chi connectivity index (χ0) is 45.2. The van der Waals surface area contributed by atoms with Crippen molar-refractivity contribution in [3.8, 4) is 56.1 Å². The van der Waals surface area contributed by atoms with Crippen molar-refractivity contribution in [2.24, 2.45) is 0 Å². The largest absolute Gasteiger partial charge is 0.452 e. The summed E-state index contributed by atoms with van der Waals surface area (Å²) >= 11 is 0. The summed E-state index contributed by atoms with van der Waals surface area (Å²) in [7, 11) is 0. The van der Waals surface area contributed by atoms with Crippen molar-refractivity contribution >= 4 is 66.9 Å². The Morgan fingerprint density at radius 1 is 0.348 bits per heavy atom. The number of para-hydroxylation sites is 9. The number of hydrogen-bond acceptors (Lipinski definition) is 3. The summed E-state index contributed by atoms with van der Waals surface area (Å²) in [6.45, 7) is 0. The van der Waals surface area contributed by atoms with Crippen LogP contribution in [-0.2, 0) is 6.42 Å². The second-order valence-corrected chi connectivity index (χ2v) is 18.3. The number of aromatic nitrogens is 2. The summed E-state index contributed by atoms with van der Waals surface area (Å²) < 4.78 is 12.5. The van der Waals surface area contributed by atoms with E-state index in [2.05, 4.69) is 249 Å². The second kappa shape index (κ2) is 14.7. The lowest BCUT2D eigenvalue weighted by Crippen LogP contribution is -2.18. The first-order chi connectivity index (χ1) is 34.3. The predicted molar refractivity (Wildman–Crippen MR) is 285 cm³/mol. The average molecular weight is 883 g/mol. The lowest BCUT2D eigenvalue weighted by molar-refractivity contribution is 0.588. The normalized spacial score (nSPS) is 13.4. The zero-order valence-electron chi connectivity index (χ0n) is 37.6. The molecule has 5 nitrogen and oxygen atoms in total. The highest BCUT2D eigenvalue weighted by molar-refractivity contribution is 6.16. The molecule has 5 heterocycles. The highest BCUT2D eigenvalue weighted by atomic mass is 16.3. The van der Waals surface area contributed by atoms with Crippen LogP contribution in [0.15, 0.2) is 235 Å². The SMILES string of the molecule is C1=C(N2c3ccccc3-c3c(n(-c4ccccc4)c4ccccc34)-c3ccccc32)c2oc3c(N4c5ccccc5-c5c(n(-c6ccccc6)c6ccccc56)-c5ccccc54)cccc3c2CC1. The number of rotatable bonds is 4. The Balaban J connectivity index is 0.962. The predicted octanol–water partition coefficient (Wildman–Crippen LogP) is 17.2. The van der Waals surface area contributed by atoms with E-state index in [4.69, 9.17) is 4.42 Å². The third kappa shape index (κ3) is 5.35. The van der Waals surface area contributed by atoms with Gasteiger partial charge in [-0.1, -0.05) is 164 Å². The van der Waals surface area contributed by atoms with Crippen LogP contribution in [0.25, 0.3) is 94.6 Å². The van der Waals surface area contributed by atoms with Crippen LogP contribution in [-0.4, -0.2) is 9.13 Å². The average Bonchev–Trinajstić information content (AvgIpc) is 4.04. The van der Waals surface area contributed by atoms with Crippen LogP contribution in [0.3, 0.4) is 0 Å². The molecule has 0 unspecified atom stereocenters. The lowest BCUT2D eigenvalue weighted by Gasteiger charge is -2.30. The van der Waals surface area contributed by atoms with E-state index < -0.39 is 0 Å². The number of benzene rings is 9. The standard InChI is InChI=1S/C64H42N4O/c1-3-21-41(22-4-1)65-51-33-13-7-25-45(51)59-47-27-9-15-35-53(47)67(55-37-17-11-29-49(55)61(59)65)57-39-19-31-43-44-32-20-40-58(64(44)69-63(43)57)68-54-36-16-10-28-48(54)60-46-26-8-14-34-52(46)66(42-23-5-2-6-24-42)62(60)50-30-12-18-38-56(50)68/h1-19,21-31,33-40H,20,32H2. The number of anilines is 5. The molecule has 0 spiro atoms. The summed E-state index contributed by atoms with van der Waals surface area (Å²) in [6, 6.07) is 81.7. The number of nitrogens with zero attached hydrogens (tertiary/aromatic N) is 4. The van der Waals surface area contributed by atoms with Crippen LogP contribution < -0.4 is 9.80 Å². The Morgan fingerprint density at radius 2 is 0.768 bits per heavy atom.